The molecule has 0 N–H and O–H groups in total. The van der Waals surface area contributed by atoms with Crippen molar-refractivity contribution < 1.29 is 0 Å². The summed E-state index contributed by atoms with van der Waals surface area (Å²) in [6.45, 7) is 2.33. The number of rotatable bonds is 12. The van der Waals surface area contributed by atoms with Crippen molar-refractivity contribution in [2.24, 2.45) is 23.7 Å². The molecular formula is C34H49I. The minimum atomic E-state index is 0.964. The third-order valence-corrected chi connectivity index (χ3v) is 10.1. The van der Waals surface area contributed by atoms with E-state index in [9.17, 15) is 0 Å². The van der Waals surface area contributed by atoms with Crippen molar-refractivity contribution >= 4 is 22.6 Å². The summed E-state index contributed by atoms with van der Waals surface area (Å²) >= 11 is 2.47. The summed E-state index contributed by atoms with van der Waals surface area (Å²) in [6, 6.07) is 18.7. The van der Waals surface area contributed by atoms with Crippen LogP contribution < -0.4 is 0 Å². The summed E-state index contributed by atoms with van der Waals surface area (Å²) in [5.41, 5.74) is 5.70. The molecule has 2 aromatic carbocycles. The summed E-state index contributed by atoms with van der Waals surface area (Å²) in [7, 11) is 0. The van der Waals surface area contributed by atoms with E-state index >= 15 is 0 Å². The Hall–Kier alpha value is -0.830. The van der Waals surface area contributed by atoms with Crippen molar-refractivity contribution in [3.8, 4) is 11.1 Å². The number of halogens is 1. The van der Waals surface area contributed by atoms with E-state index in [1.165, 1.54) is 117 Å². The minimum absolute atomic E-state index is 0.964. The maximum absolute atomic E-state index is 2.47. The highest BCUT2D eigenvalue weighted by molar-refractivity contribution is 14.1. The summed E-state index contributed by atoms with van der Waals surface area (Å²) in [5, 5.41) is 0. The summed E-state index contributed by atoms with van der Waals surface area (Å²) in [6.07, 6.45) is 23.1. The van der Waals surface area contributed by atoms with E-state index in [-0.39, 0.29) is 0 Å². The van der Waals surface area contributed by atoms with Gasteiger partial charge in [0.15, 0.2) is 0 Å². The zero-order valence-electron chi connectivity index (χ0n) is 22.3. The molecule has 0 nitrogen and oxygen atoms in total. The van der Waals surface area contributed by atoms with Crippen LogP contribution in [0.3, 0.4) is 0 Å². The number of benzene rings is 2. The first-order valence-electron chi connectivity index (χ1n) is 15.0. The molecule has 2 fully saturated rings. The molecule has 0 saturated heterocycles. The van der Waals surface area contributed by atoms with E-state index in [1.807, 2.05) is 0 Å². The highest BCUT2D eigenvalue weighted by Crippen LogP contribution is 2.43. The van der Waals surface area contributed by atoms with Crippen molar-refractivity contribution in [2.75, 3.05) is 4.43 Å². The van der Waals surface area contributed by atoms with Crippen LogP contribution in [0.4, 0.5) is 0 Å². The molecule has 0 amide bonds. The lowest BCUT2D eigenvalue weighted by Gasteiger charge is -2.38. The van der Waals surface area contributed by atoms with E-state index in [0.29, 0.717) is 0 Å². The van der Waals surface area contributed by atoms with Gasteiger partial charge in [-0.05, 0) is 102 Å². The Bertz CT molecular complexity index is 820. The predicted octanol–water partition coefficient (Wildman–Crippen LogP) is 10.8. The van der Waals surface area contributed by atoms with Crippen molar-refractivity contribution in [3.05, 3.63) is 59.7 Å². The largest absolute Gasteiger partial charge is 0.0864 e. The van der Waals surface area contributed by atoms with E-state index < -0.39 is 0 Å². The fourth-order valence-corrected chi connectivity index (χ4v) is 7.33. The maximum Gasteiger partial charge on any atom is -0.000156 e. The van der Waals surface area contributed by atoms with Gasteiger partial charge in [-0.1, -0.05) is 129 Å². The topological polar surface area (TPSA) is 0 Å². The lowest BCUT2D eigenvalue weighted by Crippen LogP contribution is -2.26. The molecule has 0 spiro atoms. The molecule has 0 radical (unpaired) electrons. The van der Waals surface area contributed by atoms with E-state index in [1.54, 1.807) is 12.8 Å². The molecule has 192 valence electrons. The number of aryl methyl sites for hydroxylation is 2. The molecule has 2 saturated carbocycles. The van der Waals surface area contributed by atoms with Gasteiger partial charge >= 0.3 is 0 Å². The van der Waals surface area contributed by atoms with E-state index in [2.05, 4.69) is 78.0 Å². The molecule has 0 atom stereocenters. The van der Waals surface area contributed by atoms with Crippen molar-refractivity contribution in [1.29, 1.82) is 0 Å². The Morgan fingerprint density at radius 2 is 1.06 bits per heavy atom. The Kier molecular flexibility index (Phi) is 11.5. The van der Waals surface area contributed by atoms with Gasteiger partial charge in [-0.3, -0.25) is 0 Å². The second kappa shape index (κ2) is 14.8. The lowest BCUT2D eigenvalue weighted by molar-refractivity contribution is 0.140. The minimum Gasteiger partial charge on any atom is -0.0864 e. The molecule has 0 aliphatic heterocycles. The monoisotopic (exact) mass is 584 g/mol. The van der Waals surface area contributed by atoms with Crippen molar-refractivity contribution in [3.63, 3.8) is 0 Å². The van der Waals surface area contributed by atoms with Gasteiger partial charge < -0.3 is 0 Å². The average molecular weight is 585 g/mol. The average Bonchev–Trinajstić information content (AvgIpc) is 2.92. The Morgan fingerprint density at radius 3 is 1.54 bits per heavy atom. The fraction of sp³-hybridized carbons (Fsp3) is 0.647. The molecule has 2 aliphatic carbocycles. The second-order valence-corrected chi connectivity index (χ2v) is 12.9. The standard InChI is InChI=1S/C34H49I/c1-2-3-4-6-27-10-18-31(19-11-27)33-22-14-29(15-23-33)8-9-30-16-24-34(25-17-30)32-20-12-28(13-21-32)7-5-26-35/h12-13,16-17,20-21,24-25,27,29,31,33H,2-11,14-15,18-19,22-23,26H2,1H3/t27-,29-,31-,33-. The van der Waals surface area contributed by atoms with Gasteiger partial charge in [0.25, 0.3) is 0 Å². The first-order chi connectivity index (χ1) is 17.2. The van der Waals surface area contributed by atoms with Gasteiger partial charge in [0, 0.05) is 0 Å². The van der Waals surface area contributed by atoms with Crippen LogP contribution in [0, 0.1) is 23.7 Å². The van der Waals surface area contributed by atoms with Gasteiger partial charge in [-0.25, -0.2) is 0 Å². The van der Waals surface area contributed by atoms with Crippen LogP contribution in [0.25, 0.3) is 11.1 Å². The molecule has 0 bridgehead atoms. The highest BCUT2D eigenvalue weighted by Gasteiger charge is 2.30. The van der Waals surface area contributed by atoms with Crippen LogP contribution in [0.1, 0.15) is 108 Å². The summed E-state index contributed by atoms with van der Waals surface area (Å²) < 4.78 is 1.24. The van der Waals surface area contributed by atoms with Gasteiger partial charge in [-0.2, -0.15) is 0 Å². The third-order valence-electron chi connectivity index (χ3n) is 9.35. The Morgan fingerprint density at radius 1 is 0.571 bits per heavy atom. The molecule has 0 aromatic heterocycles. The van der Waals surface area contributed by atoms with E-state index in [4.69, 9.17) is 0 Å². The van der Waals surface area contributed by atoms with Crippen LogP contribution in [-0.4, -0.2) is 4.43 Å². The third kappa shape index (κ3) is 8.61. The zero-order chi connectivity index (χ0) is 24.3. The molecule has 0 heterocycles. The summed E-state index contributed by atoms with van der Waals surface area (Å²) in [5.74, 6) is 4.14. The number of hydrogen-bond donors (Lipinski definition) is 0. The van der Waals surface area contributed by atoms with Gasteiger partial charge in [0.2, 0.25) is 0 Å². The fourth-order valence-electron chi connectivity index (χ4n) is 6.95. The zero-order valence-corrected chi connectivity index (χ0v) is 24.5. The lowest BCUT2D eigenvalue weighted by atomic mass is 9.68. The molecule has 1 heteroatoms. The smallest absolute Gasteiger partial charge is 0.000156 e. The molecule has 2 aromatic rings. The number of unbranched alkanes of at least 4 members (excludes halogenated alkanes) is 2. The van der Waals surface area contributed by atoms with Crippen molar-refractivity contribution in [2.45, 2.75) is 110 Å². The second-order valence-electron chi connectivity index (χ2n) is 11.8. The maximum atomic E-state index is 2.47. The predicted molar refractivity (Wildman–Crippen MR) is 162 cm³/mol. The molecule has 2 aliphatic rings. The SMILES string of the molecule is CCCCC[C@H]1CC[C@H]([C@H]2CC[C@H](CCc3ccc(-c4ccc(CCCI)cc4)cc3)CC2)CC1. The van der Waals surface area contributed by atoms with Crippen molar-refractivity contribution in [1.82, 2.24) is 0 Å². The van der Waals surface area contributed by atoms with Crippen LogP contribution in [-0.2, 0) is 12.8 Å². The van der Waals surface area contributed by atoms with E-state index in [0.717, 1.165) is 23.7 Å². The van der Waals surface area contributed by atoms with Gasteiger partial charge in [-0.15, -0.1) is 0 Å². The first kappa shape index (κ1) is 27.2. The molecular weight excluding hydrogens is 535 g/mol. The first-order valence-corrected chi connectivity index (χ1v) is 16.5. The van der Waals surface area contributed by atoms with Gasteiger partial charge in [0.05, 0.1) is 0 Å². The number of alkyl halides is 1. The van der Waals surface area contributed by atoms with Crippen LogP contribution in [0.2, 0.25) is 0 Å². The summed E-state index contributed by atoms with van der Waals surface area (Å²) in [4.78, 5) is 0. The van der Waals surface area contributed by atoms with Crippen LogP contribution in [0.15, 0.2) is 48.5 Å². The molecule has 0 unspecified atom stereocenters. The quantitative estimate of drug-likeness (QED) is 0.132. The van der Waals surface area contributed by atoms with Gasteiger partial charge in [0.1, 0.15) is 0 Å². The Balaban J connectivity index is 1.15. The molecule has 35 heavy (non-hydrogen) atoms. The highest BCUT2D eigenvalue weighted by atomic mass is 127. The van der Waals surface area contributed by atoms with Crippen LogP contribution >= 0.6 is 22.6 Å². The Labute approximate surface area is 230 Å². The van der Waals surface area contributed by atoms with Crippen LogP contribution in [0.5, 0.6) is 0 Å². The normalized spacial score (nSPS) is 25.0. The number of hydrogen-bond acceptors (Lipinski definition) is 0. The molecule has 4 rings (SSSR count).